The van der Waals surface area contributed by atoms with Gasteiger partial charge < -0.3 is 4.13 Å². The summed E-state index contributed by atoms with van der Waals surface area (Å²) in [5, 5.41) is 0. The molecule has 2 saturated carbocycles. The van der Waals surface area contributed by atoms with Crippen LogP contribution in [-0.4, -0.2) is 45.4 Å². The summed E-state index contributed by atoms with van der Waals surface area (Å²) >= 11 is 0. The van der Waals surface area contributed by atoms with Gasteiger partial charge >= 0.3 is 5.51 Å². The van der Waals surface area contributed by atoms with Crippen molar-refractivity contribution in [1.82, 2.24) is 4.31 Å². The summed E-state index contributed by atoms with van der Waals surface area (Å²) in [7, 11) is -11.3. The number of carbonyl (C=O) groups excluding carboxylic acids is 2. The van der Waals surface area contributed by atoms with Gasteiger partial charge in [0.25, 0.3) is 0 Å². The first-order valence-corrected chi connectivity index (χ1v) is 9.96. The van der Waals surface area contributed by atoms with E-state index in [0.29, 0.717) is 13.5 Å². The van der Waals surface area contributed by atoms with Crippen molar-refractivity contribution < 1.29 is 39.6 Å². The molecule has 2 bridgehead atoms. The molecule has 0 aromatic carbocycles. The van der Waals surface area contributed by atoms with Crippen molar-refractivity contribution in [2.75, 3.05) is 7.05 Å². The molecular weight excluding hydrogens is 389 g/mol. The van der Waals surface area contributed by atoms with E-state index in [2.05, 4.69) is 0 Å². The Hall–Kier alpha value is -1.21. The van der Waals surface area contributed by atoms with E-state index in [1.807, 2.05) is 4.13 Å². The molecule has 0 aliphatic heterocycles. The average Bonchev–Trinajstić information content (AvgIpc) is 2.78. The molecule has 0 heterocycles. The molecule has 0 N–H and O–H groups in total. The molecule has 2 aliphatic carbocycles. The predicted molar refractivity (Wildman–Crippen MR) is 78.6 cm³/mol. The van der Waals surface area contributed by atoms with E-state index >= 15 is 0 Å². The van der Waals surface area contributed by atoms with Crippen LogP contribution in [0, 0.1) is 16.7 Å². The van der Waals surface area contributed by atoms with Crippen molar-refractivity contribution in [1.29, 1.82) is 0 Å². The molecule has 2 unspecified atom stereocenters. The Morgan fingerprint density at radius 3 is 2.12 bits per heavy atom. The van der Waals surface area contributed by atoms with Crippen LogP contribution in [0.15, 0.2) is 0 Å². The van der Waals surface area contributed by atoms with Crippen LogP contribution < -0.4 is 0 Å². The topological polar surface area (TPSA) is 120 Å². The standard InChI is InChI=1S/C12H16F3N2O6S2/c1-10(2)7-4-5-11(10,8(18)6-7)9(19)17(3)25(22,23)16-24(20,21)12(13,14)15/h7H,4-6H2,1-3H3/q-1. The number of sulfonamides is 1. The molecular formula is C12H16F3N2O6S2-. The number of rotatable bonds is 4. The third kappa shape index (κ3) is 2.67. The molecule has 0 spiro atoms. The number of hydrogen-bond acceptors (Lipinski definition) is 6. The van der Waals surface area contributed by atoms with E-state index in [-0.39, 0.29) is 23.1 Å². The molecule has 0 aromatic rings. The quantitative estimate of drug-likeness (QED) is 0.651. The summed E-state index contributed by atoms with van der Waals surface area (Å²) in [5.41, 5.74) is -8.53. The number of carbonyl (C=O) groups is 2. The molecule has 25 heavy (non-hydrogen) atoms. The largest absolute Gasteiger partial charge is 0.480 e. The van der Waals surface area contributed by atoms with Gasteiger partial charge in [-0.15, -0.1) is 0 Å². The Bertz CT molecular complexity index is 833. The lowest BCUT2D eigenvalue weighted by atomic mass is 9.68. The molecule has 1 amide bonds. The van der Waals surface area contributed by atoms with Crippen molar-refractivity contribution in [3.63, 3.8) is 0 Å². The maximum Gasteiger partial charge on any atom is 0.480 e. The number of halogens is 3. The average molecular weight is 405 g/mol. The summed E-state index contributed by atoms with van der Waals surface area (Å²) in [6.45, 7) is 3.22. The molecule has 0 aromatic heterocycles. The minimum absolute atomic E-state index is 0.0498. The van der Waals surface area contributed by atoms with Gasteiger partial charge in [-0.3, -0.25) is 13.9 Å². The minimum Gasteiger partial charge on any atom is -0.410 e. The van der Waals surface area contributed by atoms with E-state index in [0.717, 1.165) is 0 Å². The molecule has 2 fully saturated rings. The predicted octanol–water partition coefficient (Wildman–Crippen LogP) is 1.31. The van der Waals surface area contributed by atoms with Gasteiger partial charge in [0.05, 0.1) is 0 Å². The summed E-state index contributed by atoms with van der Waals surface area (Å²) in [6.07, 6.45) is 0.592. The lowest BCUT2D eigenvalue weighted by molar-refractivity contribution is -0.148. The van der Waals surface area contributed by atoms with Crippen LogP contribution >= 0.6 is 0 Å². The first kappa shape index (κ1) is 20.1. The second-order valence-corrected chi connectivity index (χ2v) is 10.2. The van der Waals surface area contributed by atoms with Crippen molar-refractivity contribution in [3.05, 3.63) is 4.13 Å². The zero-order valence-electron chi connectivity index (χ0n) is 13.5. The molecule has 144 valence electrons. The van der Waals surface area contributed by atoms with Crippen LogP contribution in [0.5, 0.6) is 0 Å². The van der Waals surface area contributed by atoms with Crippen molar-refractivity contribution in [3.8, 4) is 0 Å². The second-order valence-electron chi connectivity index (χ2n) is 6.74. The lowest BCUT2D eigenvalue weighted by Crippen LogP contribution is -2.52. The van der Waals surface area contributed by atoms with Gasteiger partial charge in [0, 0.05) is 13.5 Å². The highest BCUT2D eigenvalue weighted by Gasteiger charge is 2.69. The van der Waals surface area contributed by atoms with E-state index in [9.17, 15) is 39.6 Å². The van der Waals surface area contributed by atoms with Crippen molar-refractivity contribution >= 4 is 31.9 Å². The van der Waals surface area contributed by atoms with E-state index in [1.165, 1.54) is 0 Å². The van der Waals surface area contributed by atoms with Gasteiger partial charge in [-0.1, -0.05) is 13.8 Å². The molecule has 0 radical (unpaired) electrons. The van der Waals surface area contributed by atoms with Gasteiger partial charge in [-0.05, 0) is 24.2 Å². The Kier molecular flexibility index (Phi) is 4.34. The monoisotopic (exact) mass is 405 g/mol. The summed E-state index contributed by atoms with van der Waals surface area (Å²) in [4.78, 5) is 25.0. The fraction of sp³-hybridized carbons (Fsp3) is 0.833. The number of Topliss-reactive ketones (excluding diaryl/α,β-unsaturated/α-hetero) is 1. The Labute approximate surface area is 143 Å². The molecule has 0 saturated heterocycles. The van der Waals surface area contributed by atoms with Gasteiger partial charge in [0.1, 0.15) is 11.2 Å². The number of amides is 1. The van der Waals surface area contributed by atoms with Crippen LogP contribution in [0.3, 0.4) is 0 Å². The lowest BCUT2D eigenvalue weighted by Gasteiger charge is -2.39. The zero-order valence-corrected chi connectivity index (χ0v) is 15.1. The Balaban J connectivity index is 2.39. The smallest absolute Gasteiger partial charge is 0.410 e. The zero-order chi connectivity index (χ0) is 19.6. The number of fused-ring (bicyclic) bond motifs is 2. The fourth-order valence-corrected chi connectivity index (χ4v) is 5.86. The van der Waals surface area contributed by atoms with Gasteiger partial charge in [0.15, 0.2) is 20.2 Å². The van der Waals surface area contributed by atoms with Crippen LogP contribution in [-0.2, 0) is 29.8 Å². The van der Waals surface area contributed by atoms with Crippen molar-refractivity contribution in [2.24, 2.45) is 16.7 Å². The first-order chi connectivity index (χ1) is 11.0. The molecule has 2 aliphatic rings. The highest BCUT2D eigenvalue weighted by Crippen LogP contribution is 2.64. The molecule has 2 rings (SSSR count). The summed E-state index contributed by atoms with van der Waals surface area (Å²) in [6, 6.07) is 0. The first-order valence-electron chi connectivity index (χ1n) is 7.13. The maximum atomic E-state index is 12.7. The third-order valence-electron chi connectivity index (χ3n) is 5.38. The van der Waals surface area contributed by atoms with Gasteiger partial charge in [-0.2, -0.15) is 13.2 Å². The highest BCUT2D eigenvalue weighted by molar-refractivity contribution is 8.11. The molecule has 8 nitrogen and oxygen atoms in total. The van der Waals surface area contributed by atoms with E-state index in [1.54, 1.807) is 13.8 Å². The van der Waals surface area contributed by atoms with E-state index in [4.69, 9.17) is 0 Å². The number of ketones is 1. The third-order valence-corrected chi connectivity index (χ3v) is 8.36. The van der Waals surface area contributed by atoms with Crippen LogP contribution in [0.4, 0.5) is 13.2 Å². The number of alkyl halides is 3. The van der Waals surface area contributed by atoms with E-state index < -0.39 is 48.3 Å². The van der Waals surface area contributed by atoms with Gasteiger partial charge in [-0.25, -0.2) is 16.8 Å². The number of nitrogens with zero attached hydrogens (tertiary/aromatic N) is 2. The Morgan fingerprint density at radius 1 is 1.24 bits per heavy atom. The van der Waals surface area contributed by atoms with Crippen molar-refractivity contribution in [2.45, 2.75) is 38.6 Å². The van der Waals surface area contributed by atoms with Crippen LogP contribution in [0.2, 0.25) is 0 Å². The van der Waals surface area contributed by atoms with Crippen LogP contribution in [0.1, 0.15) is 33.1 Å². The highest BCUT2D eigenvalue weighted by atomic mass is 32.3. The van der Waals surface area contributed by atoms with Crippen LogP contribution in [0.25, 0.3) is 4.13 Å². The maximum absolute atomic E-state index is 12.7. The normalized spacial score (nSPS) is 29.0. The number of hydrogen-bond donors (Lipinski definition) is 0. The molecule has 13 heteroatoms. The fourth-order valence-electron chi connectivity index (χ4n) is 3.77. The Morgan fingerprint density at radius 2 is 1.76 bits per heavy atom. The molecule has 2 atom stereocenters. The SMILES string of the molecule is CN(C(=O)C12CCC(CC1=O)C2(C)C)S(=O)(=O)[N-]S(=O)(=O)C(F)(F)F. The summed E-state index contributed by atoms with van der Waals surface area (Å²) in [5.74, 6) is -1.92. The van der Waals surface area contributed by atoms with Gasteiger partial charge in [0.2, 0.25) is 5.91 Å². The summed E-state index contributed by atoms with van der Waals surface area (Å²) < 4.78 is 84.6. The second kappa shape index (κ2) is 5.39. The minimum atomic E-state index is -6.36.